The largest absolute Gasteiger partial charge is 0.465 e. The van der Waals surface area contributed by atoms with Gasteiger partial charge in [-0.2, -0.15) is 0 Å². The Kier molecular flexibility index (Phi) is 5.52. The van der Waals surface area contributed by atoms with E-state index in [1.54, 1.807) is 0 Å². The van der Waals surface area contributed by atoms with Gasteiger partial charge in [0.15, 0.2) is 0 Å². The minimum atomic E-state index is -0.497. The molecule has 0 spiro atoms. The second-order valence-corrected chi connectivity index (χ2v) is 7.28. The number of halogens is 1. The van der Waals surface area contributed by atoms with Gasteiger partial charge >= 0.3 is 5.97 Å². The van der Waals surface area contributed by atoms with Crippen molar-refractivity contribution in [3.63, 3.8) is 0 Å². The summed E-state index contributed by atoms with van der Waals surface area (Å²) < 4.78 is 6.30. The zero-order valence-electron chi connectivity index (χ0n) is 11.8. The number of esters is 1. The van der Waals surface area contributed by atoms with E-state index in [4.69, 9.17) is 4.74 Å². The molecule has 1 aliphatic carbocycles. The molecule has 1 fully saturated rings. The van der Waals surface area contributed by atoms with Gasteiger partial charge in [0.05, 0.1) is 6.61 Å². The predicted molar refractivity (Wildman–Crippen MR) is 86.1 cm³/mol. The smallest absolute Gasteiger partial charge is 0.326 e. The minimum absolute atomic E-state index is 0.110. The topological polar surface area (TPSA) is 38.3 Å². The van der Waals surface area contributed by atoms with Crippen LogP contribution in [0.15, 0.2) is 33.6 Å². The molecule has 0 bridgehead atoms. The number of hydrogen-bond acceptors (Lipinski definition) is 4. The Balaban J connectivity index is 2.00. The zero-order valence-corrected chi connectivity index (χ0v) is 14.2. The van der Waals surface area contributed by atoms with Gasteiger partial charge in [-0.1, -0.05) is 15.9 Å². The fourth-order valence-corrected chi connectivity index (χ4v) is 4.14. The van der Waals surface area contributed by atoms with Crippen LogP contribution in [-0.2, 0) is 9.53 Å². The van der Waals surface area contributed by atoms with Crippen LogP contribution in [0, 0.1) is 0 Å². The van der Waals surface area contributed by atoms with Crippen molar-refractivity contribution in [1.82, 2.24) is 5.32 Å². The molecule has 1 aromatic carbocycles. The molecule has 110 valence electrons. The average molecular weight is 358 g/mol. The zero-order chi connectivity index (χ0) is 14.6. The van der Waals surface area contributed by atoms with Gasteiger partial charge in [0.2, 0.25) is 0 Å². The van der Waals surface area contributed by atoms with Crippen molar-refractivity contribution >= 4 is 33.7 Å². The highest BCUT2D eigenvalue weighted by Gasteiger charge is 2.45. The van der Waals surface area contributed by atoms with E-state index < -0.39 is 5.54 Å². The van der Waals surface area contributed by atoms with Gasteiger partial charge in [0, 0.05) is 14.6 Å². The summed E-state index contributed by atoms with van der Waals surface area (Å²) in [5.41, 5.74) is -0.497. The van der Waals surface area contributed by atoms with Crippen molar-refractivity contribution in [2.24, 2.45) is 0 Å². The second-order valence-electron chi connectivity index (χ2n) is 4.99. The molecule has 0 radical (unpaired) electrons. The van der Waals surface area contributed by atoms with Gasteiger partial charge in [-0.05, 0) is 57.5 Å². The molecule has 2 unspecified atom stereocenters. The number of rotatable bonds is 5. The Bertz CT molecular complexity index is 465. The van der Waals surface area contributed by atoms with Gasteiger partial charge in [0.25, 0.3) is 0 Å². The molecule has 1 N–H and O–H groups in total. The highest BCUT2D eigenvalue weighted by molar-refractivity contribution is 9.10. The molecule has 1 aromatic rings. The summed E-state index contributed by atoms with van der Waals surface area (Å²) in [7, 11) is 1.85. The molecule has 0 aromatic heterocycles. The molecular formula is C15H20BrNO2S. The first kappa shape index (κ1) is 15.9. The van der Waals surface area contributed by atoms with Crippen LogP contribution >= 0.6 is 27.7 Å². The third-order valence-corrected chi connectivity index (χ3v) is 5.54. The number of benzene rings is 1. The van der Waals surface area contributed by atoms with Crippen molar-refractivity contribution in [2.45, 2.75) is 41.9 Å². The lowest BCUT2D eigenvalue weighted by Gasteiger charge is -2.26. The van der Waals surface area contributed by atoms with Crippen LogP contribution in [0.25, 0.3) is 0 Å². The monoisotopic (exact) mass is 357 g/mol. The second kappa shape index (κ2) is 6.96. The lowest BCUT2D eigenvalue weighted by Crippen LogP contribution is -2.49. The lowest BCUT2D eigenvalue weighted by atomic mass is 9.98. The van der Waals surface area contributed by atoms with Crippen LogP contribution in [0.1, 0.15) is 26.2 Å². The maximum absolute atomic E-state index is 12.1. The number of carbonyl (C=O) groups is 1. The van der Waals surface area contributed by atoms with E-state index in [2.05, 4.69) is 33.4 Å². The molecule has 3 nitrogen and oxygen atoms in total. The Morgan fingerprint density at radius 1 is 1.50 bits per heavy atom. The summed E-state index contributed by atoms with van der Waals surface area (Å²) in [6.07, 6.45) is 2.69. The number of carbonyl (C=O) groups excluding carboxylic acids is 1. The van der Waals surface area contributed by atoms with Gasteiger partial charge < -0.3 is 10.1 Å². The van der Waals surface area contributed by atoms with Crippen LogP contribution in [0.4, 0.5) is 0 Å². The maximum atomic E-state index is 12.1. The normalized spacial score (nSPS) is 25.6. The molecule has 0 saturated heterocycles. The van der Waals surface area contributed by atoms with E-state index in [1.807, 2.05) is 37.9 Å². The molecule has 20 heavy (non-hydrogen) atoms. The van der Waals surface area contributed by atoms with Gasteiger partial charge in [-0.3, -0.25) is 4.79 Å². The summed E-state index contributed by atoms with van der Waals surface area (Å²) in [6, 6.07) is 8.32. The number of hydrogen-bond donors (Lipinski definition) is 1. The summed E-state index contributed by atoms with van der Waals surface area (Å²) in [4.78, 5) is 13.4. The molecule has 2 rings (SSSR count). The van der Waals surface area contributed by atoms with Crippen molar-refractivity contribution in [2.75, 3.05) is 13.7 Å². The fourth-order valence-electron chi connectivity index (χ4n) is 2.59. The van der Waals surface area contributed by atoms with E-state index in [9.17, 15) is 4.79 Å². The molecule has 0 heterocycles. The molecule has 0 amide bonds. The number of nitrogens with one attached hydrogen (secondary N) is 1. The first-order valence-electron chi connectivity index (χ1n) is 6.88. The van der Waals surface area contributed by atoms with E-state index in [1.165, 1.54) is 4.90 Å². The minimum Gasteiger partial charge on any atom is -0.465 e. The van der Waals surface area contributed by atoms with Gasteiger partial charge in [-0.25, -0.2) is 0 Å². The highest BCUT2D eigenvalue weighted by atomic mass is 79.9. The average Bonchev–Trinajstić information content (AvgIpc) is 2.86. The fraction of sp³-hybridized carbons (Fsp3) is 0.533. The SMILES string of the molecule is CCOC(=O)C1(NC)CCC(Sc2ccc(Br)cc2)C1. The van der Waals surface area contributed by atoms with Crippen LogP contribution in [0.2, 0.25) is 0 Å². The van der Waals surface area contributed by atoms with Gasteiger partial charge in [-0.15, -0.1) is 11.8 Å². The molecular weight excluding hydrogens is 338 g/mol. The lowest BCUT2D eigenvalue weighted by molar-refractivity contribution is -0.150. The molecule has 2 atom stereocenters. The van der Waals surface area contributed by atoms with Crippen LogP contribution < -0.4 is 5.32 Å². The Hall–Kier alpha value is -0.520. The third kappa shape index (κ3) is 3.57. The van der Waals surface area contributed by atoms with Crippen LogP contribution in [0.3, 0.4) is 0 Å². The van der Waals surface area contributed by atoms with Gasteiger partial charge in [0.1, 0.15) is 5.54 Å². The van der Waals surface area contributed by atoms with Crippen molar-refractivity contribution in [1.29, 1.82) is 0 Å². The summed E-state index contributed by atoms with van der Waals surface area (Å²) >= 11 is 5.29. The highest BCUT2D eigenvalue weighted by Crippen LogP contribution is 2.40. The summed E-state index contributed by atoms with van der Waals surface area (Å²) in [5.74, 6) is -0.110. The molecule has 1 aliphatic rings. The first-order chi connectivity index (χ1) is 9.59. The molecule has 0 aliphatic heterocycles. The summed E-state index contributed by atoms with van der Waals surface area (Å²) in [6.45, 7) is 2.29. The van der Waals surface area contributed by atoms with E-state index >= 15 is 0 Å². The van der Waals surface area contributed by atoms with E-state index in [-0.39, 0.29) is 5.97 Å². The molecule has 5 heteroatoms. The quantitative estimate of drug-likeness (QED) is 0.816. The Morgan fingerprint density at radius 3 is 2.80 bits per heavy atom. The Morgan fingerprint density at radius 2 is 2.20 bits per heavy atom. The predicted octanol–water partition coefficient (Wildman–Crippen LogP) is 3.62. The standard InChI is InChI=1S/C15H20BrNO2S/c1-3-19-14(18)15(17-2)9-8-13(10-15)20-12-6-4-11(16)5-7-12/h4-7,13,17H,3,8-10H2,1-2H3. The first-order valence-corrected chi connectivity index (χ1v) is 8.55. The Labute approximate surface area is 133 Å². The van der Waals surface area contributed by atoms with Crippen LogP contribution in [-0.4, -0.2) is 30.4 Å². The number of thioether (sulfide) groups is 1. The number of likely N-dealkylation sites (N-methyl/N-ethyl adjacent to an activating group) is 1. The van der Waals surface area contributed by atoms with Crippen molar-refractivity contribution in [3.05, 3.63) is 28.7 Å². The van der Waals surface area contributed by atoms with E-state index in [0.717, 1.165) is 23.7 Å². The van der Waals surface area contributed by atoms with Crippen molar-refractivity contribution < 1.29 is 9.53 Å². The third-order valence-electron chi connectivity index (χ3n) is 3.73. The maximum Gasteiger partial charge on any atom is 0.326 e. The van der Waals surface area contributed by atoms with E-state index in [0.29, 0.717) is 11.9 Å². The number of ether oxygens (including phenoxy) is 1. The summed E-state index contributed by atoms with van der Waals surface area (Å²) in [5, 5.41) is 3.64. The van der Waals surface area contributed by atoms with Crippen molar-refractivity contribution in [3.8, 4) is 0 Å². The molecule has 1 saturated carbocycles. The van der Waals surface area contributed by atoms with Crippen LogP contribution in [0.5, 0.6) is 0 Å².